The van der Waals surface area contributed by atoms with E-state index in [9.17, 15) is 4.39 Å². The van der Waals surface area contributed by atoms with Crippen LogP contribution in [0.5, 0.6) is 0 Å². The van der Waals surface area contributed by atoms with Crippen molar-refractivity contribution in [2.75, 3.05) is 0 Å². The molecule has 0 saturated heterocycles. The lowest BCUT2D eigenvalue weighted by Gasteiger charge is -2.11. The molecule has 4 nitrogen and oxygen atoms in total. The van der Waals surface area contributed by atoms with Crippen LogP contribution in [0.15, 0.2) is 35.0 Å². The first kappa shape index (κ1) is 12.7. The minimum Gasteiger partial charge on any atom is -0.459 e. The third kappa shape index (κ3) is 1.96. The third-order valence-corrected chi connectivity index (χ3v) is 3.43. The number of nitrogens with two attached hydrogens (primary N) is 1. The average Bonchev–Trinajstić information content (AvgIpc) is 2.76. The van der Waals surface area contributed by atoms with Crippen LogP contribution in [0.2, 0.25) is 0 Å². The first-order chi connectivity index (χ1) is 9.58. The lowest BCUT2D eigenvalue weighted by molar-refractivity contribution is 0.514. The lowest BCUT2D eigenvalue weighted by atomic mass is 10.0. The number of hydrogen-bond acceptors (Lipinski definition) is 4. The van der Waals surface area contributed by atoms with Gasteiger partial charge < -0.3 is 10.2 Å². The number of hydrogen-bond donors (Lipinski definition) is 1. The second-order valence-corrected chi connectivity index (χ2v) is 4.74. The Balaban J connectivity index is 2.15. The van der Waals surface area contributed by atoms with E-state index in [1.807, 2.05) is 13.8 Å². The van der Waals surface area contributed by atoms with Crippen molar-refractivity contribution >= 4 is 11.0 Å². The van der Waals surface area contributed by atoms with Gasteiger partial charge in [-0.1, -0.05) is 0 Å². The van der Waals surface area contributed by atoms with Crippen LogP contribution in [-0.4, -0.2) is 9.97 Å². The SMILES string of the molecule is Cc1nccnc1C(N)c1oc2ccc(F)cc2c1C. The molecule has 0 saturated carbocycles. The Labute approximate surface area is 115 Å². The number of furan rings is 1. The minimum atomic E-state index is -0.515. The highest BCUT2D eigenvalue weighted by atomic mass is 19.1. The molecule has 2 N–H and O–H groups in total. The van der Waals surface area contributed by atoms with Gasteiger partial charge in [0.05, 0.1) is 11.4 Å². The molecule has 0 fully saturated rings. The molecule has 0 bridgehead atoms. The maximum Gasteiger partial charge on any atom is 0.134 e. The molecule has 20 heavy (non-hydrogen) atoms. The maximum atomic E-state index is 13.3. The molecule has 1 aromatic carbocycles. The van der Waals surface area contributed by atoms with Crippen molar-refractivity contribution in [3.05, 3.63) is 59.1 Å². The summed E-state index contributed by atoms with van der Waals surface area (Å²) in [6.45, 7) is 3.71. The summed E-state index contributed by atoms with van der Waals surface area (Å²) >= 11 is 0. The van der Waals surface area contributed by atoms with Crippen LogP contribution in [0.4, 0.5) is 4.39 Å². The van der Waals surface area contributed by atoms with Gasteiger partial charge in [0.2, 0.25) is 0 Å². The van der Waals surface area contributed by atoms with E-state index in [1.165, 1.54) is 12.1 Å². The zero-order valence-corrected chi connectivity index (χ0v) is 11.2. The van der Waals surface area contributed by atoms with Crippen LogP contribution >= 0.6 is 0 Å². The van der Waals surface area contributed by atoms with Crippen LogP contribution in [0.1, 0.15) is 28.8 Å². The normalized spacial score (nSPS) is 12.8. The summed E-state index contributed by atoms with van der Waals surface area (Å²) in [5.41, 5.74) is 9.10. The van der Waals surface area contributed by atoms with E-state index < -0.39 is 6.04 Å². The molecule has 1 atom stereocenters. The zero-order valence-electron chi connectivity index (χ0n) is 11.2. The van der Waals surface area contributed by atoms with Gasteiger partial charge in [-0.3, -0.25) is 9.97 Å². The van der Waals surface area contributed by atoms with E-state index in [0.717, 1.165) is 16.6 Å². The number of rotatable bonds is 2. The van der Waals surface area contributed by atoms with E-state index in [1.54, 1.807) is 18.5 Å². The fraction of sp³-hybridized carbons (Fsp3) is 0.200. The van der Waals surface area contributed by atoms with E-state index in [0.29, 0.717) is 17.0 Å². The Morgan fingerprint density at radius 1 is 1.20 bits per heavy atom. The number of fused-ring (bicyclic) bond motifs is 1. The van der Waals surface area contributed by atoms with Crippen LogP contribution in [0.25, 0.3) is 11.0 Å². The quantitative estimate of drug-likeness (QED) is 0.778. The second kappa shape index (κ2) is 4.68. The summed E-state index contributed by atoms with van der Waals surface area (Å²) in [6.07, 6.45) is 3.21. The molecule has 102 valence electrons. The Morgan fingerprint density at radius 3 is 2.70 bits per heavy atom. The van der Waals surface area contributed by atoms with Gasteiger partial charge in [-0.15, -0.1) is 0 Å². The molecule has 0 amide bonds. The van der Waals surface area contributed by atoms with Crippen molar-refractivity contribution < 1.29 is 8.81 Å². The predicted octanol–water partition coefficient (Wildman–Crippen LogP) is 3.03. The van der Waals surface area contributed by atoms with Gasteiger partial charge in [0.15, 0.2) is 0 Å². The third-order valence-electron chi connectivity index (χ3n) is 3.43. The Kier molecular flexibility index (Phi) is 2.99. The van der Waals surface area contributed by atoms with Gasteiger partial charge >= 0.3 is 0 Å². The standard InChI is InChI=1S/C15H14FN3O/c1-8-11-7-10(16)3-4-12(11)20-15(8)13(17)14-9(2)18-5-6-19-14/h3-7,13H,17H2,1-2H3. The van der Waals surface area contributed by atoms with Crippen molar-refractivity contribution in [1.29, 1.82) is 0 Å². The molecule has 0 aliphatic heterocycles. The van der Waals surface area contributed by atoms with Gasteiger partial charge in [-0.2, -0.15) is 0 Å². The lowest BCUT2D eigenvalue weighted by Crippen LogP contribution is -2.15. The van der Waals surface area contributed by atoms with Gasteiger partial charge in [0.1, 0.15) is 23.2 Å². The summed E-state index contributed by atoms with van der Waals surface area (Å²) in [4.78, 5) is 8.44. The van der Waals surface area contributed by atoms with E-state index in [4.69, 9.17) is 10.2 Å². The Hall–Kier alpha value is -2.27. The predicted molar refractivity (Wildman–Crippen MR) is 73.7 cm³/mol. The van der Waals surface area contributed by atoms with Crippen molar-refractivity contribution in [2.24, 2.45) is 5.73 Å². The van der Waals surface area contributed by atoms with E-state index in [-0.39, 0.29) is 5.82 Å². The fourth-order valence-electron chi connectivity index (χ4n) is 2.36. The first-order valence-corrected chi connectivity index (χ1v) is 6.29. The van der Waals surface area contributed by atoms with Crippen molar-refractivity contribution in [3.63, 3.8) is 0 Å². The monoisotopic (exact) mass is 271 g/mol. The van der Waals surface area contributed by atoms with Crippen molar-refractivity contribution in [1.82, 2.24) is 9.97 Å². The smallest absolute Gasteiger partial charge is 0.134 e. The molecule has 2 aromatic heterocycles. The first-order valence-electron chi connectivity index (χ1n) is 6.29. The molecular formula is C15H14FN3O. The molecule has 3 aromatic rings. The highest BCUT2D eigenvalue weighted by Gasteiger charge is 2.21. The molecule has 2 heterocycles. The number of aromatic nitrogens is 2. The molecule has 0 aliphatic carbocycles. The summed E-state index contributed by atoms with van der Waals surface area (Å²) < 4.78 is 19.1. The molecule has 1 unspecified atom stereocenters. The summed E-state index contributed by atoms with van der Waals surface area (Å²) in [5.74, 6) is 0.298. The van der Waals surface area contributed by atoms with Crippen LogP contribution in [0, 0.1) is 19.7 Å². The van der Waals surface area contributed by atoms with Gasteiger partial charge in [0.25, 0.3) is 0 Å². The summed E-state index contributed by atoms with van der Waals surface area (Å²) in [5, 5.41) is 0.733. The fourth-order valence-corrected chi connectivity index (χ4v) is 2.36. The van der Waals surface area contributed by atoms with Gasteiger partial charge in [-0.25, -0.2) is 4.39 Å². The molecule has 0 aliphatic rings. The molecular weight excluding hydrogens is 257 g/mol. The van der Waals surface area contributed by atoms with Gasteiger partial charge in [-0.05, 0) is 32.0 Å². The number of benzene rings is 1. The highest BCUT2D eigenvalue weighted by molar-refractivity contribution is 5.82. The number of halogens is 1. The van der Waals surface area contributed by atoms with E-state index in [2.05, 4.69) is 9.97 Å². The number of nitrogens with zero attached hydrogens (tertiary/aromatic N) is 2. The maximum absolute atomic E-state index is 13.3. The van der Waals surface area contributed by atoms with Gasteiger partial charge in [0, 0.05) is 23.3 Å². The average molecular weight is 271 g/mol. The minimum absolute atomic E-state index is 0.294. The van der Waals surface area contributed by atoms with Crippen molar-refractivity contribution in [3.8, 4) is 0 Å². The molecule has 5 heteroatoms. The summed E-state index contributed by atoms with van der Waals surface area (Å²) in [6, 6.07) is 3.92. The topological polar surface area (TPSA) is 64.9 Å². The Bertz CT molecular complexity index is 782. The molecule has 3 rings (SSSR count). The Morgan fingerprint density at radius 2 is 1.95 bits per heavy atom. The number of aryl methyl sites for hydroxylation is 2. The van der Waals surface area contributed by atoms with E-state index >= 15 is 0 Å². The highest BCUT2D eigenvalue weighted by Crippen LogP contribution is 2.31. The van der Waals surface area contributed by atoms with Crippen LogP contribution in [-0.2, 0) is 0 Å². The largest absolute Gasteiger partial charge is 0.459 e. The second-order valence-electron chi connectivity index (χ2n) is 4.74. The van der Waals surface area contributed by atoms with Crippen LogP contribution in [0.3, 0.4) is 0 Å². The zero-order chi connectivity index (χ0) is 14.3. The summed E-state index contributed by atoms with van der Waals surface area (Å²) in [7, 11) is 0. The molecule has 0 spiro atoms. The van der Waals surface area contributed by atoms with Crippen molar-refractivity contribution in [2.45, 2.75) is 19.9 Å². The van der Waals surface area contributed by atoms with Crippen LogP contribution < -0.4 is 5.73 Å². The molecule has 0 radical (unpaired) electrons.